The normalized spacial score (nSPS) is 12.7. The van der Waals surface area contributed by atoms with Gasteiger partial charge in [-0.15, -0.1) is 0 Å². The maximum atomic E-state index is 6.41. The molecule has 0 aliphatic heterocycles. The number of hydrogen-bond donors (Lipinski definition) is 1. The van der Waals surface area contributed by atoms with Crippen LogP contribution in [0.4, 0.5) is 0 Å². The molecular weight excluding hydrogens is 284 g/mol. The second kappa shape index (κ2) is 6.58. The lowest BCUT2D eigenvalue weighted by atomic mass is 10.0. The first-order chi connectivity index (χ1) is 9.97. The molecule has 114 valence electrons. The molecule has 4 nitrogen and oxygen atoms in total. The largest absolute Gasteiger partial charge is 0.311 e. The third kappa shape index (κ3) is 3.27. The van der Waals surface area contributed by atoms with Crippen molar-refractivity contribution >= 4 is 11.6 Å². The van der Waals surface area contributed by atoms with Crippen molar-refractivity contribution in [2.75, 3.05) is 7.05 Å². The summed E-state index contributed by atoms with van der Waals surface area (Å²) in [6.45, 7) is 9.01. The highest BCUT2D eigenvalue weighted by atomic mass is 35.5. The first-order valence-electron chi connectivity index (χ1n) is 7.30. The Morgan fingerprint density at radius 3 is 2.62 bits per heavy atom. The number of hydrogen-bond acceptors (Lipinski definition) is 3. The smallest absolute Gasteiger partial charge is 0.0847 e. The third-order valence-corrected chi connectivity index (χ3v) is 4.28. The summed E-state index contributed by atoms with van der Waals surface area (Å²) in [5.41, 5.74) is 5.40. The first kappa shape index (κ1) is 16.0. The fraction of sp³-hybridized carbons (Fsp3) is 0.500. The third-order valence-electron chi connectivity index (χ3n) is 3.78. The molecule has 5 heteroatoms. The first-order valence-corrected chi connectivity index (χ1v) is 7.67. The lowest BCUT2D eigenvalue weighted by Gasteiger charge is -2.19. The molecule has 0 aliphatic rings. The van der Waals surface area contributed by atoms with Gasteiger partial charge in [-0.05, 0) is 45.9 Å². The molecule has 0 aromatic carbocycles. The summed E-state index contributed by atoms with van der Waals surface area (Å²) in [6, 6.07) is 2.29. The monoisotopic (exact) mass is 306 g/mol. The molecule has 21 heavy (non-hydrogen) atoms. The van der Waals surface area contributed by atoms with Crippen LogP contribution in [0.3, 0.4) is 0 Å². The maximum Gasteiger partial charge on any atom is 0.0847 e. The quantitative estimate of drug-likeness (QED) is 0.921. The minimum Gasteiger partial charge on any atom is -0.311 e. The average Bonchev–Trinajstić information content (AvgIpc) is 2.72. The Labute approximate surface area is 131 Å². The number of pyridine rings is 1. The van der Waals surface area contributed by atoms with Gasteiger partial charge in [0.25, 0.3) is 0 Å². The Bertz CT molecular complexity index is 633. The fourth-order valence-corrected chi connectivity index (χ4v) is 2.90. The highest BCUT2D eigenvalue weighted by Gasteiger charge is 2.20. The zero-order chi connectivity index (χ0) is 15.6. The van der Waals surface area contributed by atoms with Gasteiger partial charge in [0.1, 0.15) is 0 Å². The van der Waals surface area contributed by atoms with Crippen LogP contribution in [0.5, 0.6) is 0 Å². The van der Waals surface area contributed by atoms with Crippen LogP contribution in [0.25, 0.3) is 0 Å². The van der Waals surface area contributed by atoms with E-state index in [1.807, 2.05) is 24.9 Å². The highest BCUT2D eigenvalue weighted by Crippen LogP contribution is 2.26. The van der Waals surface area contributed by atoms with E-state index in [9.17, 15) is 0 Å². The number of nitrogens with zero attached hydrogens (tertiary/aromatic N) is 3. The van der Waals surface area contributed by atoms with Gasteiger partial charge in [0.05, 0.1) is 28.1 Å². The maximum absolute atomic E-state index is 6.41. The minimum atomic E-state index is 0.129. The number of halogens is 1. The molecule has 2 heterocycles. The Balaban J connectivity index is 2.35. The summed E-state index contributed by atoms with van der Waals surface area (Å²) >= 11 is 6.41. The van der Waals surface area contributed by atoms with Crippen molar-refractivity contribution < 1.29 is 0 Å². The van der Waals surface area contributed by atoms with E-state index in [4.69, 9.17) is 11.6 Å². The van der Waals surface area contributed by atoms with Gasteiger partial charge in [-0.25, -0.2) is 0 Å². The standard InChI is InChI=1S/C16H23ClN4/c1-6-21-14(15(17)12(4)20-21)8-13(18-5)16-11(3)7-10(2)9-19-16/h7,9,13,18H,6,8H2,1-5H3. The number of likely N-dealkylation sites (N-methyl/N-ethyl adjacent to an activating group) is 1. The Morgan fingerprint density at radius 2 is 2.05 bits per heavy atom. The van der Waals surface area contributed by atoms with Crippen molar-refractivity contribution in [2.24, 2.45) is 0 Å². The fourth-order valence-electron chi connectivity index (χ4n) is 2.68. The summed E-state index contributed by atoms with van der Waals surface area (Å²) < 4.78 is 1.98. The van der Waals surface area contributed by atoms with Crippen molar-refractivity contribution in [1.29, 1.82) is 0 Å². The molecule has 2 rings (SSSR count). The molecule has 2 aromatic rings. The lowest BCUT2D eigenvalue weighted by Crippen LogP contribution is -2.22. The van der Waals surface area contributed by atoms with Crippen LogP contribution in [-0.2, 0) is 13.0 Å². The van der Waals surface area contributed by atoms with Gasteiger partial charge in [0.2, 0.25) is 0 Å². The zero-order valence-corrected chi connectivity index (χ0v) is 14.1. The van der Waals surface area contributed by atoms with E-state index >= 15 is 0 Å². The minimum absolute atomic E-state index is 0.129. The SMILES string of the molecule is CCn1nc(C)c(Cl)c1CC(NC)c1ncc(C)cc1C. The summed E-state index contributed by atoms with van der Waals surface area (Å²) in [5, 5.41) is 8.60. The van der Waals surface area contributed by atoms with Crippen molar-refractivity contribution in [3.8, 4) is 0 Å². The lowest BCUT2D eigenvalue weighted by molar-refractivity contribution is 0.529. The Morgan fingerprint density at radius 1 is 1.33 bits per heavy atom. The van der Waals surface area contributed by atoms with Gasteiger partial charge >= 0.3 is 0 Å². The molecule has 0 saturated heterocycles. The molecule has 2 aromatic heterocycles. The van der Waals surface area contributed by atoms with Crippen LogP contribution in [0.15, 0.2) is 12.3 Å². The zero-order valence-electron chi connectivity index (χ0n) is 13.4. The van der Waals surface area contributed by atoms with Crippen molar-refractivity contribution in [3.63, 3.8) is 0 Å². The van der Waals surface area contributed by atoms with Crippen molar-refractivity contribution in [3.05, 3.63) is 45.5 Å². The summed E-state index contributed by atoms with van der Waals surface area (Å²) in [5.74, 6) is 0. The average molecular weight is 307 g/mol. The molecule has 1 N–H and O–H groups in total. The highest BCUT2D eigenvalue weighted by molar-refractivity contribution is 6.31. The van der Waals surface area contributed by atoms with Crippen molar-refractivity contribution in [1.82, 2.24) is 20.1 Å². The predicted octanol–water partition coefficient (Wildman–Crippen LogP) is 3.38. The topological polar surface area (TPSA) is 42.7 Å². The Hall–Kier alpha value is -1.39. The predicted molar refractivity (Wildman–Crippen MR) is 86.9 cm³/mol. The summed E-state index contributed by atoms with van der Waals surface area (Å²) in [6.07, 6.45) is 2.69. The number of aromatic nitrogens is 3. The molecule has 0 amide bonds. The van der Waals surface area contributed by atoms with Gasteiger partial charge in [-0.1, -0.05) is 17.7 Å². The van der Waals surface area contributed by atoms with E-state index in [0.717, 1.165) is 35.1 Å². The molecule has 0 fully saturated rings. The van der Waals surface area contributed by atoms with Gasteiger partial charge in [0, 0.05) is 19.2 Å². The summed E-state index contributed by atoms with van der Waals surface area (Å²) in [4.78, 5) is 4.60. The second-order valence-corrected chi connectivity index (χ2v) is 5.80. The molecule has 0 spiro atoms. The van der Waals surface area contributed by atoms with E-state index in [0.29, 0.717) is 0 Å². The van der Waals surface area contributed by atoms with Gasteiger partial charge in [-0.2, -0.15) is 5.10 Å². The molecule has 0 radical (unpaired) electrons. The van der Waals surface area contributed by atoms with Gasteiger partial charge in [-0.3, -0.25) is 9.67 Å². The van der Waals surface area contributed by atoms with Crippen LogP contribution in [0.2, 0.25) is 5.02 Å². The van der Waals surface area contributed by atoms with E-state index in [-0.39, 0.29) is 6.04 Å². The molecule has 1 atom stereocenters. The number of aryl methyl sites for hydroxylation is 4. The molecule has 0 saturated carbocycles. The number of rotatable bonds is 5. The molecule has 0 aliphatic carbocycles. The van der Waals surface area contributed by atoms with Gasteiger partial charge < -0.3 is 5.32 Å². The molecule has 1 unspecified atom stereocenters. The van der Waals surface area contributed by atoms with Crippen LogP contribution in [0.1, 0.15) is 41.2 Å². The van der Waals surface area contributed by atoms with Crippen LogP contribution < -0.4 is 5.32 Å². The van der Waals surface area contributed by atoms with Crippen LogP contribution in [0, 0.1) is 20.8 Å². The van der Waals surface area contributed by atoms with Gasteiger partial charge in [0.15, 0.2) is 0 Å². The van der Waals surface area contributed by atoms with E-state index in [2.05, 4.69) is 42.2 Å². The Kier molecular flexibility index (Phi) is 5.01. The van der Waals surface area contributed by atoms with E-state index in [1.54, 1.807) is 0 Å². The van der Waals surface area contributed by atoms with Crippen LogP contribution >= 0.6 is 11.6 Å². The number of nitrogens with one attached hydrogen (secondary N) is 1. The second-order valence-electron chi connectivity index (χ2n) is 5.42. The summed E-state index contributed by atoms with van der Waals surface area (Å²) in [7, 11) is 1.96. The van der Waals surface area contributed by atoms with E-state index < -0.39 is 0 Å². The molecule has 0 bridgehead atoms. The van der Waals surface area contributed by atoms with E-state index in [1.165, 1.54) is 11.1 Å². The molecular formula is C16H23ClN4. The van der Waals surface area contributed by atoms with Crippen molar-refractivity contribution in [2.45, 2.75) is 46.7 Å². The van der Waals surface area contributed by atoms with Crippen LogP contribution in [-0.4, -0.2) is 21.8 Å².